The van der Waals surface area contributed by atoms with Crippen molar-refractivity contribution in [3.63, 3.8) is 0 Å². The summed E-state index contributed by atoms with van der Waals surface area (Å²) in [5, 5.41) is 8.36. The molecule has 0 heterocycles. The first-order chi connectivity index (χ1) is 14.2. The molecular formula is C29H51N. The van der Waals surface area contributed by atoms with Gasteiger partial charge in [-0.25, -0.2) is 0 Å². The highest BCUT2D eigenvalue weighted by Gasteiger charge is 2.49. The molecule has 30 heavy (non-hydrogen) atoms. The summed E-state index contributed by atoms with van der Waals surface area (Å²) >= 11 is 0. The first kappa shape index (κ1) is 24.1. The average Bonchev–Trinajstić information content (AvgIpc) is 3.01. The Morgan fingerprint density at radius 1 is 1.03 bits per heavy atom. The van der Waals surface area contributed by atoms with Crippen molar-refractivity contribution in [3.05, 3.63) is 11.6 Å². The summed E-state index contributed by atoms with van der Waals surface area (Å²) in [6.45, 7) is 14.9. The van der Waals surface area contributed by atoms with Crippen LogP contribution >= 0.6 is 0 Å². The summed E-state index contributed by atoms with van der Waals surface area (Å²) in [4.78, 5) is 0. The molecule has 0 spiro atoms. The molecule has 3 rings (SSSR count). The molecular weight excluding hydrogens is 362 g/mol. The molecule has 2 saturated carbocycles. The summed E-state index contributed by atoms with van der Waals surface area (Å²) in [5.41, 5.74) is 2.44. The zero-order valence-corrected chi connectivity index (χ0v) is 21.1. The van der Waals surface area contributed by atoms with Gasteiger partial charge in [-0.1, -0.05) is 72.5 Å². The number of hydrogen-bond donors (Lipinski definition) is 1. The van der Waals surface area contributed by atoms with Crippen molar-refractivity contribution in [3.8, 4) is 0 Å². The van der Waals surface area contributed by atoms with Crippen molar-refractivity contribution in [2.75, 3.05) is 0 Å². The smallest absolute Gasteiger partial charge is 0.00264 e. The monoisotopic (exact) mass is 413 g/mol. The Morgan fingerprint density at radius 2 is 1.80 bits per heavy atom. The lowest BCUT2D eigenvalue weighted by Crippen LogP contribution is -2.39. The normalized spacial score (nSPS) is 42.7. The van der Waals surface area contributed by atoms with E-state index in [1.807, 2.05) is 6.21 Å². The largest absolute Gasteiger partial charge is 0.313 e. The number of rotatable bonds is 6. The predicted molar refractivity (Wildman–Crippen MR) is 132 cm³/mol. The summed E-state index contributed by atoms with van der Waals surface area (Å²) in [6.07, 6.45) is 20.7. The molecule has 0 aromatic heterocycles. The highest BCUT2D eigenvalue weighted by Crippen LogP contribution is 2.58. The van der Waals surface area contributed by atoms with Crippen LogP contribution in [-0.2, 0) is 0 Å². The van der Waals surface area contributed by atoms with E-state index in [-0.39, 0.29) is 5.41 Å². The van der Waals surface area contributed by atoms with Crippen LogP contribution in [-0.4, -0.2) is 6.21 Å². The van der Waals surface area contributed by atoms with E-state index in [0.29, 0.717) is 11.3 Å². The first-order valence-corrected chi connectivity index (χ1v) is 13.4. The lowest BCUT2D eigenvalue weighted by atomic mass is 9.58. The van der Waals surface area contributed by atoms with Crippen molar-refractivity contribution in [2.45, 2.75) is 119 Å². The lowest BCUT2D eigenvalue weighted by molar-refractivity contribution is 0.0748. The Morgan fingerprint density at radius 3 is 2.50 bits per heavy atom. The number of nitrogens with one attached hydrogen (secondary N) is 1. The maximum atomic E-state index is 8.36. The van der Waals surface area contributed by atoms with Crippen LogP contribution in [0.5, 0.6) is 0 Å². The lowest BCUT2D eigenvalue weighted by Gasteiger charge is -2.47. The minimum absolute atomic E-state index is 0.244. The highest BCUT2D eigenvalue weighted by atomic mass is 14.5. The van der Waals surface area contributed by atoms with E-state index in [1.165, 1.54) is 77.0 Å². The van der Waals surface area contributed by atoms with Crippen LogP contribution in [0.15, 0.2) is 11.6 Å². The van der Waals surface area contributed by atoms with Crippen LogP contribution in [0.1, 0.15) is 119 Å². The van der Waals surface area contributed by atoms with Crippen LogP contribution in [0.3, 0.4) is 0 Å². The second-order valence-corrected chi connectivity index (χ2v) is 12.6. The molecule has 1 nitrogen and oxygen atoms in total. The first-order valence-electron chi connectivity index (χ1n) is 13.4. The Bertz CT molecular complexity index is 603. The van der Waals surface area contributed by atoms with Gasteiger partial charge >= 0.3 is 0 Å². The summed E-state index contributed by atoms with van der Waals surface area (Å²) in [5.74, 6) is 4.74. The van der Waals surface area contributed by atoms with E-state index in [2.05, 4.69) is 47.6 Å². The fraction of sp³-hybridized carbons (Fsp3) is 0.897. The molecule has 1 unspecified atom stereocenters. The van der Waals surface area contributed by atoms with Gasteiger partial charge in [0.05, 0.1) is 0 Å². The number of allylic oxidation sites excluding steroid dienone is 2. The minimum Gasteiger partial charge on any atom is -0.313 e. The molecule has 0 saturated heterocycles. The molecule has 1 heteroatoms. The zero-order chi connectivity index (χ0) is 21.9. The van der Waals surface area contributed by atoms with E-state index in [1.54, 1.807) is 5.57 Å². The number of hydrogen-bond acceptors (Lipinski definition) is 1. The Labute approximate surface area is 188 Å². The maximum Gasteiger partial charge on any atom is 0.00264 e. The molecule has 172 valence electrons. The van der Waals surface area contributed by atoms with Crippen molar-refractivity contribution in [1.82, 2.24) is 0 Å². The van der Waals surface area contributed by atoms with E-state index in [0.717, 1.165) is 29.6 Å². The molecule has 3 aliphatic carbocycles. The Hall–Kier alpha value is -0.590. The summed E-state index contributed by atoms with van der Waals surface area (Å²) in [7, 11) is 0. The van der Waals surface area contributed by atoms with Crippen LogP contribution in [0.4, 0.5) is 0 Å². The summed E-state index contributed by atoms with van der Waals surface area (Å²) < 4.78 is 0. The van der Waals surface area contributed by atoms with Gasteiger partial charge in [-0.2, -0.15) is 0 Å². The van der Waals surface area contributed by atoms with E-state index in [4.69, 9.17) is 5.41 Å². The van der Waals surface area contributed by atoms with Crippen molar-refractivity contribution < 1.29 is 0 Å². The van der Waals surface area contributed by atoms with Gasteiger partial charge in [0.1, 0.15) is 0 Å². The van der Waals surface area contributed by atoms with Gasteiger partial charge in [0.2, 0.25) is 0 Å². The minimum atomic E-state index is 0.244. The quantitative estimate of drug-likeness (QED) is 0.331. The predicted octanol–water partition coefficient (Wildman–Crippen LogP) is 9.07. The Kier molecular flexibility index (Phi) is 7.95. The third-order valence-corrected chi connectivity index (χ3v) is 10.1. The molecule has 0 aromatic carbocycles. The fourth-order valence-corrected chi connectivity index (χ4v) is 7.86. The number of fused-ring (bicyclic) bond motifs is 2. The third kappa shape index (κ3) is 4.91. The highest BCUT2D eigenvalue weighted by molar-refractivity contribution is 5.59. The molecule has 0 aromatic rings. The van der Waals surface area contributed by atoms with Crippen LogP contribution in [0.2, 0.25) is 0 Å². The molecule has 3 aliphatic rings. The molecule has 0 amide bonds. The van der Waals surface area contributed by atoms with Crippen LogP contribution < -0.4 is 0 Å². The van der Waals surface area contributed by atoms with Gasteiger partial charge in [-0.15, -0.1) is 0 Å². The van der Waals surface area contributed by atoms with Gasteiger partial charge in [0.25, 0.3) is 0 Å². The second kappa shape index (κ2) is 9.91. The second-order valence-electron chi connectivity index (χ2n) is 12.6. The standard InChI is InChI=1S/C29H51N/c1-21(2)9-7-10-23(4)27-14-13-24-11-8-12-25-19-22(3)15-17-28(25,5)26(20-30)16-18-29(24,27)6/h12,20-24,26-27,30H,7-11,13-19H2,1-6H3/b25-12-,30-20?/t22-,23+,24?,26-,27+,28-,29-/m0/s1. The fourth-order valence-electron chi connectivity index (χ4n) is 7.86. The molecule has 0 radical (unpaired) electrons. The van der Waals surface area contributed by atoms with Gasteiger partial charge in [-0.3, -0.25) is 0 Å². The molecule has 0 bridgehead atoms. The van der Waals surface area contributed by atoms with E-state index < -0.39 is 0 Å². The maximum absolute atomic E-state index is 8.36. The van der Waals surface area contributed by atoms with Gasteiger partial charge in [0.15, 0.2) is 0 Å². The third-order valence-electron chi connectivity index (χ3n) is 10.1. The Balaban J connectivity index is 1.79. The topological polar surface area (TPSA) is 23.9 Å². The van der Waals surface area contributed by atoms with E-state index in [9.17, 15) is 0 Å². The zero-order valence-electron chi connectivity index (χ0n) is 21.1. The van der Waals surface area contributed by atoms with E-state index >= 15 is 0 Å². The van der Waals surface area contributed by atoms with Crippen molar-refractivity contribution >= 4 is 6.21 Å². The SMILES string of the molecule is CC(C)CCC[C@@H](C)[C@H]1CCC2CC/C=C3/C[C@@H](C)CC[C@]3(C)[C@H](C=N)CC[C@@]21C. The molecule has 1 N–H and O–H groups in total. The van der Waals surface area contributed by atoms with Crippen molar-refractivity contribution in [1.29, 1.82) is 5.41 Å². The average molecular weight is 414 g/mol. The van der Waals surface area contributed by atoms with Gasteiger partial charge in [-0.05, 0) is 104 Å². The molecule has 7 atom stereocenters. The summed E-state index contributed by atoms with van der Waals surface area (Å²) in [6, 6.07) is 0. The van der Waals surface area contributed by atoms with Gasteiger partial charge in [0, 0.05) is 5.92 Å². The van der Waals surface area contributed by atoms with Crippen molar-refractivity contribution in [2.24, 2.45) is 46.3 Å². The molecule has 0 aliphatic heterocycles. The van der Waals surface area contributed by atoms with Crippen LogP contribution in [0.25, 0.3) is 0 Å². The van der Waals surface area contributed by atoms with Crippen LogP contribution in [0, 0.1) is 51.7 Å². The van der Waals surface area contributed by atoms with Gasteiger partial charge < -0.3 is 5.41 Å². The molecule has 2 fully saturated rings.